The Morgan fingerprint density at radius 3 is 2.18 bits per heavy atom. The summed E-state index contributed by atoms with van der Waals surface area (Å²) in [4.78, 5) is 33.9. The van der Waals surface area contributed by atoms with E-state index in [-0.39, 0.29) is 36.2 Å². The predicted octanol–water partition coefficient (Wildman–Crippen LogP) is 4.28. The monoisotopic (exact) mass is 614 g/mol. The van der Waals surface area contributed by atoms with Crippen LogP contribution in [0.5, 0.6) is 5.75 Å². The molecule has 3 aromatic carbocycles. The number of rotatable bonds is 15. The smallest absolute Gasteiger partial charge is 0.243 e. The van der Waals surface area contributed by atoms with Crippen molar-refractivity contribution in [3.8, 4) is 5.75 Å². The van der Waals surface area contributed by atoms with Crippen LogP contribution in [0.25, 0.3) is 0 Å². The Hall–Kier alpha value is -4.54. The molecule has 0 radical (unpaired) electrons. The van der Waals surface area contributed by atoms with Crippen LogP contribution in [0.3, 0.4) is 0 Å². The second kappa shape index (κ2) is 15.8. The number of methoxy groups -OCH3 is 1. The van der Waals surface area contributed by atoms with Crippen LogP contribution in [0.15, 0.2) is 108 Å². The number of aryl methyl sites for hydroxylation is 1. The minimum absolute atomic E-state index is 0.133. The number of carbonyl (C=O) groups excluding carboxylic acids is 2. The summed E-state index contributed by atoms with van der Waals surface area (Å²) in [5.41, 5.74) is 3.31. The molecule has 2 amide bonds. The van der Waals surface area contributed by atoms with Crippen LogP contribution in [-0.2, 0) is 45.5 Å². The lowest BCUT2D eigenvalue weighted by molar-refractivity contribution is -0.141. The first-order valence-electron chi connectivity index (χ1n) is 14.5. The number of amides is 2. The molecule has 44 heavy (non-hydrogen) atoms. The lowest BCUT2D eigenvalue weighted by Gasteiger charge is -2.31. The molecule has 0 saturated carbocycles. The lowest BCUT2D eigenvalue weighted by Crippen LogP contribution is -2.50. The highest BCUT2D eigenvalue weighted by molar-refractivity contribution is 7.89. The molecule has 0 aliphatic rings. The molecular weight excluding hydrogens is 576 g/mol. The van der Waals surface area contributed by atoms with E-state index in [9.17, 15) is 18.0 Å². The van der Waals surface area contributed by atoms with E-state index in [0.717, 1.165) is 16.7 Å². The van der Waals surface area contributed by atoms with Gasteiger partial charge in [0.25, 0.3) is 0 Å². The van der Waals surface area contributed by atoms with Gasteiger partial charge in [0.15, 0.2) is 0 Å². The summed E-state index contributed by atoms with van der Waals surface area (Å²) >= 11 is 0. The van der Waals surface area contributed by atoms with Gasteiger partial charge in [-0.15, -0.1) is 0 Å². The molecule has 1 heterocycles. The molecule has 1 atom stereocenters. The van der Waals surface area contributed by atoms with Gasteiger partial charge in [-0.3, -0.25) is 14.6 Å². The third kappa shape index (κ3) is 9.23. The largest absolute Gasteiger partial charge is 0.497 e. The number of pyridine rings is 1. The van der Waals surface area contributed by atoms with E-state index in [1.165, 1.54) is 12.1 Å². The van der Waals surface area contributed by atoms with E-state index in [1.54, 1.807) is 37.3 Å². The van der Waals surface area contributed by atoms with Crippen LogP contribution in [-0.4, -0.2) is 49.8 Å². The van der Waals surface area contributed by atoms with Gasteiger partial charge in [0.1, 0.15) is 11.8 Å². The maximum Gasteiger partial charge on any atom is 0.243 e. The zero-order valence-electron chi connectivity index (χ0n) is 25.0. The van der Waals surface area contributed by atoms with E-state index in [0.29, 0.717) is 30.8 Å². The molecule has 2 N–H and O–H groups in total. The summed E-state index contributed by atoms with van der Waals surface area (Å²) in [6, 6.07) is 28.3. The lowest BCUT2D eigenvalue weighted by atomic mass is 10.0. The Morgan fingerprint density at radius 2 is 1.55 bits per heavy atom. The number of hydrogen-bond acceptors (Lipinski definition) is 6. The van der Waals surface area contributed by atoms with Crippen molar-refractivity contribution >= 4 is 21.8 Å². The number of hydrogen-bond donors (Lipinski definition) is 2. The third-order valence-corrected chi connectivity index (χ3v) is 8.71. The Kier molecular flexibility index (Phi) is 11.6. The molecule has 0 aliphatic carbocycles. The summed E-state index contributed by atoms with van der Waals surface area (Å²) in [7, 11) is -1.98. The standard InChI is InChI=1S/C34H38N4O5S/c1-3-37-44(41,42)31-19-14-26(15-20-31)16-21-33(39)38(25-28-12-17-30(43-2)18-13-28)32(23-27-9-5-4-6-10-27)34(40)36-24-29-11-7-8-22-35-29/h4-15,17-20,22,32,37H,3,16,21,23-25H2,1-2H3,(H,36,40)/t32-/m1/s1. The number of benzene rings is 3. The van der Waals surface area contributed by atoms with Gasteiger partial charge in [0.05, 0.1) is 24.2 Å². The molecule has 1 aromatic heterocycles. The fourth-order valence-electron chi connectivity index (χ4n) is 4.78. The van der Waals surface area contributed by atoms with Gasteiger partial charge in [0.2, 0.25) is 21.8 Å². The van der Waals surface area contributed by atoms with Crippen molar-refractivity contribution in [2.45, 2.75) is 50.2 Å². The van der Waals surface area contributed by atoms with Crippen molar-refractivity contribution in [2.24, 2.45) is 0 Å². The number of nitrogens with zero attached hydrogens (tertiary/aromatic N) is 2. The van der Waals surface area contributed by atoms with Crippen molar-refractivity contribution in [1.82, 2.24) is 19.9 Å². The van der Waals surface area contributed by atoms with Crippen LogP contribution in [0.1, 0.15) is 35.7 Å². The van der Waals surface area contributed by atoms with Gasteiger partial charge in [0, 0.05) is 32.1 Å². The zero-order chi connectivity index (χ0) is 31.4. The maximum absolute atomic E-state index is 14.0. The summed E-state index contributed by atoms with van der Waals surface area (Å²) in [6.07, 6.45) is 2.51. The van der Waals surface area contributed by atoms with E-state index in [1.807, 2.05) is 72.8 Å². The third-order valence-electron chi connectivity index (χ3n) is 7.15. The van der Waals surface area contributed by atoms with E-state index < -0.39 is 16.1 Å². The molecule has 0 bridgehead atoms. The predicted molar refractivity (Wildman–Crippen MR) is 169 cm³/mol. The second-order valence-corrected chi connectivity index (χ2v) is 12.0. The molecule has 0 unspecified atom stereocenters. The Labute approximate surface area is 259 Å². The molecule has 0 saturated heterocycles. The van der Waals surface area contributed by atoms with Gasteiger partial charge in [-0.2, -0.15) is 0 Å². The minimum atomic E-state index is -3.57. The van der Waals surface area contributed by atoms with Gasteiger partial charge in [-0.1, -0.05) is 67.6 Å². The summed E-state index contributed by atoms with van der Waals surface area (Å²) in [6.45, 7) is 2.47. The molecule has 4 aromatic rings. The SMILES string of the molecule is CCNS(=O)(=O)c1ccc(CCC(=O)N(Cc2ccc(OC)cc2)[C@H](Cc2ccccc2)C(=O)NCc2ccccn2)cc1. The van der Waals surface area contributed by atoms with Crippen molar-refractivity contribution < 1.29 is 22.7 Å². The molecule has 9 nitrogen and oxygen atoms in total. The minimum Gasteiger partial charge on any atom is -0.497 e. The highest BCUT2D eigenvalue weighted by atomic mass is 32.2. The van der Waals surface area contributed by atoms with Crippen molar-refractivity contribution in [2.75, 3.05) is 13.7 Å². The van der Waals surface area contributed by atoms with Crippen molar-refractivity contribution in [1.29, 1.82) is 0 Å². The Morgan fingerprint density at radius 1 is 0.864 bits per heavy atom. The molecule has 4 rings (SSSR count). The number of carbonyl (C=O) groups is 2. The first-order valence-corrected chi connectivity index (χ1v) is 16.0. The van der Waals surface area contributed by atoms with Gasteiger partial charge < -0.3 is 15.0 Å². The molecule has 10 heteroatoms. The Balaban J connectivity index is 1.59. The van der Waals surface area contributed by atoms with Crippen molar-refractivity contribution in [3.05, 3.63) is 126 Å². The fourth-order valence-corrected chi connectivity index (χ4v) is 5.82. The van der Waals surface area contributed by atoms with Crippen LogP contribution >= 0.6 is 0 Å². The quantitative estimate of drug-likeness (QED) is 0.207. The average molecular weight is 615 g/mol. The summed E-state index contributed by atoms with van der Waals surface area (Å²) < 4.78 is 32.4. The number of aromatic nitrogens is 1. The molecule has 230 valence electrons. The van der Waals surface area contributed by atoms with E-state index in [2.05, 4.69) is 15.0 Å². The van der Waals surface area contributed by atoms with Crippen LogP contribution in [0, 0.1) is 0 Å². The summed E-state index contributed by atoms with van der Waals surface area (Å²) in [5, 5.41) is 2.98. The van der Waals surface area contributed by atoms with Crippen molar-refractivity contribution in [3.63, 3.8) is 0 Å². The first-order chi connectivity index (χ1) is 21.3. The van der Waals surface area contributed by atoms with Crippen LogP contribution in [0.4, 0.5) is 0 Å². The second-order valence-electron chi connectivity index (χ2n) is 10.3. The van der Waals surface area contributed by atoms with Gasteiger partial charge in [-0.05, 0) is 59.5 Å². The Bertz CT molecular complexity index is 1600. The molecule has 0 aliphatic heterocycles. The van der Waals surface area contributed by atoms with Gasteiger partial charge in [-0.25, -0.2) is 13.1 Å². The topological polar surface area (TPSA) is 118 Å². The van der Waals surface area contributed by atoms with Crippen LogP contribution in [0.2, 0.25) is 0 Å². The molecule has 0 fully saturated rings. The average Bonchev–Trinajstić information content (AvgIpc) is 3.05. The fraction of sp³-hybridized carbons (Fsp3) is 0.265. The van der Waals surface area contributed by atoms with E-state index in [4.69, 9.17) is 4.74 Å². The molecule has 0 spiro atoms. The van der Waals surface area contributed by atoms with Gasteiger partial charge >= 0.3 is 0 Å². The zero-order valence-corrected chi connectivity index (χ0v) is 25.8. The molecular formula is C34H38N4O5S. The highest BCUT2D eigenvalue weighted by Gasteiger charge is 2.30. The number of nitrogens with one attached hydrogen (secondary N) is 2. The van der Waals surface area contributed by atoms with Crippen LogP contribution < -0.4 is 14.8 Å². The van der Waals surface area contributed by atoms with E-state index >= 15 is 0 Å². The first kappa shape index (κ1) is 32.4. The maximum atomic E-state index is 14.0. The summed E-state index contributed by atoms with van der Waals surface area (Å²) in [5.74, 6) is 0.221. The number of sulfonamides is 1. The highest BCUT2D eigenvalue weighted by Crippen LogP contribution is 2.20. The number of ether oxygens (including phenoxy) is 1. The normalized spacial score (nSPS) is 11.9.